The van der Waals surface area contributed by atoms with Gasteiger partial charge in [0.1, 0.15) is 5.75 Å². The number of benzene rings is 2. The van der Waals surface area contributed by atoms with Gasteiger partial charge in [-0.1, -0.05) is 12.1 Å². The molecule has 2 aromatic carbocycles. The molecule has 2 rings (SSSR count). The van der Waals surface area contributed by atoms with Gasteiger partial charge in [-0.05, 0) is 40.2 Å². The van der Waals surface area contributed by atoms with Crippen molar-refractivity contribution in [3.63, 3.8) is 0 Å². The number of hydrogen-bond acceptors (Lipinski definition) is 6. The molecular weight excluding hydrogens is 394 g/mol. The fourth-order valence-electron chi connectivity index (χ4n) is 1.85. The maximum Gasteiger partial charge on any atom is 0.311 e. The molecule has 0 heterocycles. The first-order chi connectivity index (χ1) is 12.0. The zero-order valence-corrected chi connectivity index (χ0v) is 14.7. The molecular formula is C16H14BrN3O5. The van der Waals surface area contributed by atoms with Crippen LogP contribution in [0.15, 0.2) is 52.0 Å². The van der Waals surface area contributed by atoms with Crippen LogP contribution < -0.4 is 14.9 Å². The highest BCUT2D eigenvalue weighted by atomic mass is 79.9. The van der Waals surface area contributed by atoms with Gasteiger partial charge in [0.25, 0.3) is 5.91 Å². The Bertz CT molecular complexity index is 810. The fraction of sp³-hybridized carbons (Fsp3) is 0.125. The second kappa shape index (κ2) is 8.78. The minimum atomic E-state index is -0.555. The second-order valence-electron chi connectivity index (χ2n) is 4.70. The molecule has 1 N–H and O–H groups in total. The van der Waals surface area contributed by atoms with Crippen molar-refractivity contribution < 1.29 is 19.2 Å². The first-order valence-corrected chi connectivity index (χ1v) is 7.82. The van der Waals surface area contributed by atoms with Crippen LogP contribution >= 0.6 is 15.9 Å². The van der Waals surface area contributed by atoms with E-state index in [9.17, 15) is 14.9 Å². The lowest BCUT2D eigenvalue weighted by Gasteiger charge is -2.06. The minimum absolute atomic E-state index is 0.146. The molecule has 130 valence electrons. The number of nitrogens with one attached hydrogen (secondary N) is 1. The number of nitrogens with zero attached hydrogens (tertiary/aromatic N) is 2. The highest BCUT2D eigenvalue weighted by molar-refractivity contribution is 9.10. The van der Waals surface area contributed by atoms with E-state index in [4.69, 9.17) is 9.47 Å². The van der Waals surface area contributed by atoms with E-state index in [-0.39, 0.29) is 18.0 Å². The van der Waals surface area contributed by atoms with Crippen LogP contribution in [-0.4, -0.2) is 30.8 Å². The van der Waals surface area contributed by atoms with E-state index in [0.717, 1.165) is 4.47 Å². The van der Waals surface area contributed by atoms with E-state index >= 15 is 0 Å². The van der Waals surface area contributed by atoms with Crippen LogP contribution in [-0.2, 0) is 4.79 Å². The SMILES string of the molecule is COc1ccc(/C=N/NC(=O)COc2ccccc2Br)cc1[N+](=O)[O-]. The van der Waals surface area contributed by atoms with E-state index in [2.05, 4.69) is 26.5 Å². The summed E-state index contributed by atoms with van der Waals surface area (Å²) in [6, 6.07) is 11.5. The number of ether oxygens (including phenoxy) is 2. The van der Waals surface area contributed by atoms with Crippen molar-refractivity contribution in [1.29, 1.82) is 0 Å². The van der Waals surface area contributed by atoms with Gasteiger partial charge in [0.05, 0.1) is 22.7 Å². The standard InChI is InChI=1S/C16H14BrN3O5/c1-24-15-7-6-11(8-13(15)20(22)23)9-18-19-16(21)10-25-14-5-3-2-4-12(14)17/h2-9H,10H2,1H3,(H,19,21)/b18-9+. The number of carbonyl (C=O) groups is 1. The molecule has 1 amide bonds. The number of hydrazone groups is 1. The lowest BCUT2D eigenvalue weighted by atomic mass is 10.2. The number of rotatable bonds is 7. The first kappa shape index (κ1) is 18.4. The highest BCUT2D eigenvalue weighted by Gasteiger charge is 2.14. The summed E-state index contributed by atoms with van der Waals surface area (Å²) in [4.78, 5) is 22.1. The fourth-order valence-corrected chi connectivity index (χ4v) is 2.25. The molecule has 0 unspecified atom stereocenters. The van der Waals surface area contributed by atoms with Crippen molar-refractivity contribution in [2.75, 3.05) is 13.7 Å². The number of nitro benzene ring substituents is 1. The summed E-state index contributed by atoms with van der Waals surface area (Å²) >= 11 is 3.31. The lowest BCUT2D eigenvalue weighted by molar-refractivity contribution is -0.385. The number of halogens is 1. The monoisotopic (exact) mass is 407 g/mol. The van der Waals surface area contributed by atoms with Crippen LogP contribution in [0.25, 0.3) is 0 Å². The lowest BCUT2D eigenvalue weighted by Crippen LogP contribution is -2.24. The molecule has 0 aliphatic rings. The summed E-state index contributed by atoms with van der Waals surface area (Å²) in [6.45, 7) is -0.220. The molecule has 0 bridgehead atoms. The van der Waals surface area contributed by atoms with E-state index < -0.39 is 10.8 Å². The van der Waals surface area contributed by atoms with Crippen molar-refractivity contribution >= 4 is 33.7 Å². The molecule has 0 saturated heterocycles. The quantitative estimate of drug-likeness (QED) is 0.431. The van der Waals surface area contributed by atoms with Gasteiger partial charge in [-0.15, -0.1) is 0 Å². The Hall–Kier alpha value is -2.94. The summed E-state index contributed by atoms with van der Waals surface area (Å²) in [6.07, 6.45) is 1.29. The number of hydrogen-bond donors (Lipinski definition) is 1. The molecule has 8 nitrogen and oxygen atoms in total. The summed E-state index contributed by atoms with van der Waals surface area (Å²) in [5, 5.41) is 14.7. The van der Waals surface area contributed by atoms with E-state index in [1.807, 2.05) is 6.07 Å². The largest absolute Gasteiger partial charge is 0.490 e. The van der Waals surface area contributed by atoms with Crippen LogP contribution in [0, 0.1) is 10.1 Å². The summed E-state index contributed by atoms with van der Waals surface area (Å²) in [5.41, 5.74) is 2.55. The first-order valence-electron chi connectivity index (χ1n) is 7.03. The molecule has 0 aliphatic carbocycles. The molecule has 0 fully saturated rings. The number of carbonyl (C=O) groups excluding carboxylic acids is 1. The topological polar surface area (TPSA) is 103 Å². The Morgan fingerprint density at radius 2 is 2.08 bits per heavy atom. The van der Waals surface area contributed by atoms with Gasteiger partial charge in [0, 0.05) is 11.6 Å². The third-order valence-corrected chi connectivity index (χ3v) is 3.65. The summed E-state index contributed by atoms with van der Waals surface area (Å²) < 4.78 is 11.0. The van der Waals surface area contributed by atoms with Crippen molar-refractivity contribution in [3.05, 3.63) is 62.6 Å². The highest BCUT2D eigenvalue weighted by Crippen LogP contribution is 2.26. The summed E-state index contributed by atoms with van der Waals surface area (Å²) in [5.74, 6) is 0.218. The average Bonchev–Trinajstić information content (AvgIpc) is 2.61. The predicted molar refractivity (Wildman–Crippen MR) is 95.0 cm³/mol. The second-order valence-corrected chi connectivity index (χ2v) is 5.56. The average molecular weight is 408 g/mol. The molecule has 0 atom stereocenters. The maximum absolute atomic E-state index is 11.7. The van der Waals surface area contributed by atoms with Crippen molar-refractivity contribution in [2.45, 2.75) is 0 Å². The van der Waals surface area contributed by atoms with Gasteiger partial charge in [-0.3, -0.25) is 14.9 Å². The Kier molecular flexibility index (Phi) is 6.47. The number of amides is 1. The third kappa shape index (κ3) is 5.28. The molecule has 0 aliphatic heterocycles. The zero-order valence-electron chi connectivity index (χ0n) is 13.1. The molecule has 0 aromatic heterocycles. The Balaban J connectivity index is 1.92. The van der Waals surface area contributed by atoms with Crippen molar-refractivity contribution in [3.8, 4) is 11.5 Å². The number of para-hydroxylation sites is 1. The maximum atomic E-state index is 11.7. The van der Waals surface area contributed by atoms with Crippen LogP contribution in [0.4, 0.5) is 5.69 Å². The third-order valence-electron chi connectivity index (χ3n) is 3.00. The molecule has 0 spiro atoms. The van der Waals surface area contributed by atoms with E-state index in [1.54, 1.807) is 24.3 Å². The number of nitro groups is 1. The van der Waals surface area contributed by atoms with Crippen LogP contribution in [0.5, 0.6) is 11.5 Å². The van der Waals surface area contributed by atoms with Gasteiger partial charge in [-0.2, -0.15) is 5.10 Å². The van der Waals surface area contributed by atoms with Crippen molar-refractivity contribution in [1.82, 2.24) is 5.43 Å². The van der Waals surface area contributed by atoms with Crippen LogP contribution in [0.3, 0.4) is 0 Å². The summed E-state index contributed by atoms with van der Waals surface area (Å²) in [7, 11) is 1.35. The molecule has 9 heteroatoms. The van der Waals surface area contributed by atoms with Gasteiger partial charge in [-0.25, -0.2) is 5.43 Å². The Morgan fingerprint density at radius 1 is 1.32 bits per heavy atom. The molecule has 0 radical (unpaired) electrons. The van der Waals surface area contributed by atoms with Crippen LogP contribution in [0.1, 0.15) is 5.56 Å². The predicted octanol–water partition coefficient (Wildman–Crippen LogP) is 2.90. The van der Waals surface area contributed by atoms with Gasteiger partial charge >= 0.3 is 5.69 Å². The normalized spacial score (nSPS) is 10.5. The van der Waals surface area contributed by atoms with Gasteiger partial charge < -0.3 is 9.47 Å². The van der Waals surface area contributed by atoms with Gasteiger partial charge in [0.15, 0.2) is 12.4 Å². The molecule has 0 saturated carbocycles. The zero-order chi connectivity index (χ0) is 18.2. The van der Waals surface area contributed by atoms with E-state index in [0.29, 0.717) is 11.3 Å². The van der Waals surface area contributed by atoms with Crippen LogP contribution in [0.2, 0.25) is 0 Å². The van der Waals surface area contributed by atoms with Crippen molar-refractivity contribution in [2.24, 2.45) is 5.10 Å². The smallest absolute Gasteiger partial charge is 0.311 e. The Labute approximate surface area is 151 Å². The number of methoxy groups -OCH3 is 1. The van der Waals surface area contributed by atoms with E-state index in [1.165, 1.54) is 25.5 Å². The Morgan fingerprint density at radius 3 is 2.76 bits per heavy atom. The molecule has 2 aromatic rings. The minimum Gasteiger partial charge on any atom is -0.490 e. The van der Waals surface area contributed by atoms with Gasteiger partial charge in [0.2, 0.25) is 0 Å². The molecule has 25 heavy (non-hydrogen) atoms.